The van der Waals surface area contributed by atoms with Crippen LogP contribution in [0.3, 0.4) is 0 Å². The number of carboxylic acids is 1. The number of hydrogen-bond acceptors (Lipinski definition) is 3. The molecule has 0 spiro atoms. The molecule has 0 radical (unpaired) electrons. The Kier molecular flexibility index (Phi) is 6.32. The normalized spacial score (nSPS) is 10.7. The standard InChI is InChI=1S/C20H20O4/c1-15-4-6-16(7-5-15)8-13-19(21)17-9-11-18(12-10-17)24-14-2-3-20(22)23/h4-13H,2-3,14H2,1H3,(H,22,23)/b13-8+. The Labute approximate surface area is 141 Å². The van der Waals surface area contributed by atoms with Gasteiger partial charge >= 0.3 is 5.97 Å². The van der Waals surface area contributed by atoms with Gasteiger partial charge in [-0.2, -0.15) is 0 Å². The number of carbonyl (C=O) groups is 2. The van der Waals surface area contributed by atoms with Crippen molar-refractivity contribution in [2.24, 2.45) is 0 Å². The molecule has 0 bridgehead atoms. The Morgan fingerprint density at radius 1 is 1.04 bits per heavy atom. The van der Waals surface area contributed by atoms with Crippen molar-refractivity contribution in [3.8, 4) is 5.75 Å². The third-order valence-corrected chi connectivity index (χ3v) is 3.45. The molecule has 0 aliphatic heterocycles. The summed E-state index contributed by atoms with van der Waals surface area (Å²) in [6.45, 7) is 2.36. The molecular formula is C20H20O4. The van der Waals surface area contributed by atoms with Crippen LogP contribution >= 0.6 is 0 Å². The topological polar surface area (TPSA) is 63.6 Å². The molecule has 4 nitrogen and oxygen atoms in total. The molecule has 0 atom stereocenters. The van der Waals surface area contributed by atoms with Crippen LogP contribution in [0.25, 0.3) is 6.08 Å². The van der Waals surface area contributed by atoms with Crippen molar-refractivity contribution in [2.75, 3.05) is 6.61 Å². The minimum atomic E-state index is -0.833. The monoisotopic (exact) mass is 324 g/mol. The summed E-state index contributed by atoms with van der Waals surface area (Å²) >= 11 is 0. The molecular weight excluding hydrogens is 304 g/mol. The molecule has 0 aromatic heterocycles. The van der Waals surface area contributed by atoms with E-state index in [0.29, 0.717) is 24.3 Å². The number of benzene rings is 2. The predicted molar refractivity (Wildman–Crippen MR) is 93.4 cm³/mol. The molecule has 0 aliphatic rings. The lowest BCUT2D eigenvalue weighted by Crippen LogP contribution is -2.02. The molecule has 0 saturated carbocycles. The summed E-state index contributed by atoms with van der Waals surface area (Å²) in [7, 11) is 0. The Hall–Kier alpha value is -2.88. The van der Waals surface area contributed by atoms with Crippen molar-refractivity contribution < 1.29 is 19.4 Å². The van der Waals surface area contributed by atoms with Crippen LogP contribution in [0.15, 0.2) is 54.6 Å². The smallest absolute Gasteiger partial charge is 0.303 e. The van der Waals surface area contributed by atoms with Crippen LogP contribution in [0.5, 0.6) is 5.75 Å². The zero-order chi connectivity index (χ0) is 17.4. The van der Waals surface area contributed by atoms with Gasteiger partial charge in [0.05, 0.1) is 6.61 Å². The van der Waals surface area contributed by atoms with E-state index in [2.05, 4.69) is 0 Å². The second-order valence-corrected chi connectivity index (χ2v) is 5.48. The number of hydrogen-bond donors (Lipinski definition) is 1. The summed E-state index contributed by atoms with van der Waals surface area (Å²) in [5.74, 6) is -0.285. The van der Waals surface area contributed by atoms with E-state index in [1.54, 1.807) is 36.4 Å². The number of allylic oxidation sites excluding steroid dienone is 1. The molecule has 4 heteroatoms. The first kappa shape index (κ1) is 17.5. The lowest BCUT2D eigenvalue weighted by atomic mass is 10.1. The molecule has 1 N–H and O–H groups in total. The van der Waals surface area contributed by atoms with Gasteiger partial charge in [0.1, 0.15) is 5.75 Å². The van der Waals surface area contributed by atoms with E-state index in [1.165, 1.54) is 5.56 Å². The molecule has 0 saturated heterocycles. The number of aryl methyl sites for hydroxylation is 1. The van der Waals surface area contributed by atoms with Gasteiger partial charge in [-0.15, -0.1) is 0 Å². The Morgan fingerprint density at radius 3 is 2.33 bits per heavy atom. The molecule has 0 unspecified atom stereocenters. The minimum Gasteiger partial charge on any atom is -0.494 e. The van der Waals surface area contributed by atoms with Crippen LogP contribution < -0.4 is 4.74 Å². The summed E-state index contributed by atoms with van der Waals surface area (Å²) in [4.78, 5) is 22.6. The molecule has 124 valence electrons. The van der Waals surface area contributed by atoms with Gasteiger partial charge in [-0.1, -0.05) is 35.9 Å². The summed E-state index contributed by atoms with van der Waals surface area (Å²) in [6.07, 6.45) is 3.88. The Morgan fingerprint density at radius 2 is 1.71 bits per heavy atom. The van der Waals surface area contributed by atoms with Gasteiger partial charge < -0.3 is 9.84 Å². The quantitative estimate of drug-likeness (QED) is 0.450. The van der Waals surface area contributed by atoms with Crippen molar-refractivity contribution in [2.45, 2.75) is 19.8 Å². The van der Waals surface area contributed by atoms with Gasteiger partial charge in [-0.3, -0.25) is 9.59 Å². The predicted octanol–water partition coefficient (Wildman–Crippen LogP) is 4.13. The van der Waals surface area contributed by atoms with E-state index in [0.717, 1.165) is 5.56 Å². The second-order valence-electron chi connectivity index (χ2n) is 5.48. The van der Waals surface area contributed by atoms with Crippen molar-refractivity contribution in [3.05, 3.63) is 71.3 Å². The summed E-state index contributed by atoms with van der Waals surface area (Å²) in [6, 6.07) is 14.8. The zero-order valence-corrected chi connectivity index (χ0v) is 13.6. The van der Waals surface area contributed by atoms with E-state index in [9.17, 15) is 9.59 Å². The molecule has 0 heterocycles. The lowest BCUT2D eigenvalue weighted by molar-refractivity contribution is -0.137. The largest absolute Gasteiger partial charge is 0.494 e. The minimum absolute atomic E-state index is 0.0759. The number of carboxylic acid groups (broad SMARTS) is 1. The van der Waals surface area contributed by atoms with Crippen LogP contribution in [-0.4, -0.2) is 23.5 Å². The highest BCUT2D eigenvalue weighted by Gasteiger charge is 2.03. The molecule has 2 rings (SSSR count). The van der Waals surface area contributed by atoms with Crippen LogP contribution in [-0.2, 0) is 4.79 Å². The maximum absolute atomic E-state index is 12.1. The van der Waals surface area contributed by atoms with Gasteiger partial charge in [0.15, 0.2) is 5.78 Å². The highest BCUT2D eigenvalue weighted by molar-refractivity contribution is 6.06. The van der Waals surface area contributed by atoms with Crippen molar-refractivity contribution in [3.63, 3.8) is 0 Å². The molecule has 0 fully saturated rings. The number of carbonyl (C=O) groups excluding carboxylic acids is 1. The number of ketones is 1. The molecule has 0 amide bonds. The molecule has 2 aromatic rings. The van der Waals surface area contributed by atoms with Crippen LogP contribution in [0.4, 0.5) is 0 Å². The molecule has 0 aliphatic carbocycles. The van der Waals surface area contributed by atoms with E-state index in [-0.39, 0.29) is 12.2 Å². The van der Waals surface area contributed by atoms with Gasteiger partial charge in [0.2, 0.25) is 0 Å². The van der Waals surface area contributed by atoms with E-state index >= 15 is 0 Å². The van der Waals surface area contributed by atoms with E-state index in [1.807, 2.05) is 31.2 Å². The number of rotatable bonds is 8. The third-order valence-electron chi connectivity index (χ3n) is 3.45. The average molecular weight is 324 g/mol. The van der Waals surface area contributed by atoms with E-state index < -0.39 is 5.97 Å². The van der Waals surface area contributed by atoms with Crippen LogP contribution in [0, 0.1) is 6.92 Å². The SMILES string of the molecule is Cc1ccc(/C=C/C(=O)c2ccc(OCCCC(=O)O)cc2)cc1. The van der Waals surface area contributed by atoms with E-state index in [4.69, 9.17) is 9.84 Å². The fourth-order valence-corrected chi connectivity index (χ4v) is 2.07. The van der Waals surface area contributed by atoms with Crippen LogP contribution in [0.1, 0.15) is 34.3 Å². The summed E-state index contributed by atoms with van der Waals surface area (Å²) in [5, 5.41) is 8.56. The second kappa shape index (κ2) is 8.67. The van der Waals surface area contributed by atoms with Gasteiger partial charge in [0, 0.05) is 12.0 Å². The molecule has 24 heavy (non-hydrogen) atoms. The van der Waals surface area contributed by atoms with Gasteiger partial charge in [0.25, 0.3) is 0 Å². The van der Waals surface area contributed by atoms with Gasteiger partial charge in [-0.25, -0.2) is 0 Å². The highest BCUT2D eigenvalue weighted by Crippen LogP contribution is 2.14. The third kappa shape index (κ3) is 5.72. The van der Waals surface area contributed by atoms with Crippen molar-refractivity contribution in [1.29, 1.82) is 0 Å². The lowest BCUT2D eigenvalue weighted by Gasteiger charge is -2.05. The van der Waals surface area contributed by atoms with Gasteiger partial charge in [-0.05, 0) is 49.2 Å². The summed E-state index contributed by atoms with van der Waals surface area (Å²) < 4.78 is 5.44. The summed E-state index contributed by atoms with van der Waals surface area (Å²) in [5.41, 5.74) is 2.74. The van der Waals surface area contributed by atoms with Crippen molar-refractivity contribution in [1.82, 2.24) is 0 Å². The number of ether oxygens (including phenoxy) is 1. The first-order valence-electron chi connectivity index (χ1n) is 7.78. The highest BCUT2D eigenvalue weighted by atomic mass is 16.5. The zero-order valence-electron chi connectivity index (χ0n) is 13.6. The fourth-order valence-electron chi connectivity index (χ4n) is 2.07. The number of aliphatic carboxylic acids is 1. The Bertz CT molecular complexity index is 712. The maximum Gasteiger partial charge on any atom is 0.303 e. The average Bonchev–Trinajstić information content (AvgIpc) is 2.58. The van der Waals surface area contributed by atoms with Crippen LogP contribution in [0.2, 0.25) is 0 Å². The fraction of sp³-hybridized carbons (Fsp3) is 0.200. The molecule has 2 aromatic carbocycles. The Balaban J connectivity index is 1.88. The van der Waals surface area contributed by atoms with Crippen molar-refractivity contribution >= 4 is 17.8 Å². The first-order chi connectivity index (χ1) is 11.5. The first-order valence-corrected chi connectivity index (χ1v) is 7.78. The maximum atomic E-state index is 12.1.